The number of alkyl halides is 3. The molecule has 0 N–H and O–H groups in total. The van der Waals surface area contributed by atoms with E-state index in [2.05, 4.69) is 4.98 Å². The average Bonchev–Trinajstić information content (AvgIpc) is 2.77. The molecule has 0 atom stereocenters. The minimum absolute atomic E-state index is 0.243. The lowest BCUT2D eigenvalue weighted by molar-refractivity contribution is -0.137. The zero-order chi connectivity index (χ0) is 22.9. The van der Waals surface area contributed by atoms with Crippen molar-refractivity contribution < 1.29 is 17.9 Å². The molecule has 1 aromatic heterocycles. The van der Waals surface area contributed by atoms with Gasteiger partial charge in [-0.1, -0.05) is 41.9 Å². The van der Waals surface area contributed by atoms with Crippen molar-refractivity contribution in [3.63, 3.8) is 0 Å². The van der Waals surface area contributed by atoms with Gasteiger partial charge in [-0.2, -0.15) is 13.2 Å². The monoisotopic (exact) mass is 456 g/mol. The van der Waals surface area contributed by atoms with Gasteiger partial charge in [-0.25, -0.2) is 4.98 Å². The second-order valence-corrected chi connectivity index (χ2v) is 7.31. The maximum absolute atomic E-state index is 13.3. The van der Waals surface area contributed by atoms with Crippen molar-refractivity contribution in [3.8, 4) is 11.4 Å². The molecule has 0 unspecified atom stereocenters. The smallest absolute Gasteiger partial charge is 0.416 e. The van der Waals surface area contributed by atoms with Crippen LogP contribution in [0.1, 0.15) is 17.0 Å². The summed E-state index contributed by atoms with van der Waals surface area (Å²) < 4.78 is 45.6. The molecule has 162 valence electrons. The highest BCUT2D eigenvalue weighted by atomic mass is 35.5. The summed E-state index contributed by atoms with van der Waals surface area (Å²) in [5, 5.41) is 0.702. The van der Waals surface area contributed by atoms with Gasteiger partial charge in [-0.05, 0) is 54.1 Å². The van der Waals surface area contributed by atoms with E-state index in [9.17, 15) is 18.0 Å². The summed E-state index contributed by atoms with van der Waals surface area (Å²) in [5.74, 6) is 0.686. The molecule has 0 fully saturated rings. The van der Waals surface area contributed by atoms with Crippen LogP contribution < -0.4 is 10.3 Å². The Morgan fingerprint density at radius 1 is 1.00 bits per heavy atom. The van der Waals surface area contributed by atoms with Crippen molar-refractivity contribution in [1.82, 2.24) is 9.55 Å². The van der Waals surface area contributed by atoms with Gasteiger partial charge in [0.1, 0.15) is 11.6 Å². The number of para-hydroxylation sites is 1. The predicted octanol–water partition coefficient (Wildman–Crippen LogP) is 6.24. The Hall–Kier alpha value is -3.58. The molecule has 4 nitrogen and oxygen atoms in total. The Bertz CT molecular complexity index is 1390. The third kappa shape index (κ3) is 4.24. The molecule has 0 aliphatic heterocycles. The summed E-state index contributed by atoms with van der Waals surface area (Å²) in [6, 6.07) is 16.6. The summed E-state index contributed by atoms with van der Waals surface area (Å²) in [7, 11) is 1.48. The number of ether oxygens (including phenoxy) is 1. The molecule has 8 heteroatoms. The first kappa shape index (κ1) is 21.6. The van der Waals surface area contributed by atoms with Gasteiger partial charge >= 0.3 is 6.18 Å². The SMILES string of the molecule is COc1ccc(-n2c(C=Cc3cccc(C(F)(F)F)c3)nc3ccccc3c2=O)cc1Cl. The molecule has 0 spiro atoms. The fraction of sp³-hybridized carbons (Fsp3) is 0.0833. The first-order valence-electron chi connectivity index (χ1n) is 9.49. The molecule has 0 saturated carbocycles. The van der Waals surface area contributed by atoms with Gasteiger partial charge in [0.15, 0.2) is 0 Å². The largest absolute Gasteiger partial charge is 0.495 e. The van der Waals surface area contributed by atoms with Gasteiger partial charge < -0.3 is 4.74 Å². The van der Waals surface area contributed by atoms with Crippen LogP contribution in [-0.4, -0.2) is 16.7 Å². The van der Waals surface area contributed by atoms with Crippen molar-refractivity contribution in [3.05, 3.63) is 99.1 Å². The first-order valence-corrected chi connectivity index (χ1v) is 9.87. The molecule has 0 bridgehead atoms. The number of rotatable bonds is 4. The Morgan fingerprint density at radius 2 is 1.78 bits per heavy atom. The standard InChI is InChI=1S/C24H16ClF3N2O2/c1-32-21-11-10-17(14-19(21)25)30-22(29-20-8-3-2-7-18(20)23(30)31)12-9-15-5-4-6-16(13-15)24(26,27)28/h2-14H,1H3. The van der Waals surface area contributed by atoms with Crippen LogP contribution in [0, 0.1) is 0 Å². The van der Waals surface area contributed by atoms with E-state index in [1.165, 1.54) is 29.9 Å². The van der Waals surface area contributed by atoms with Crippen molar-refractivity contribution in [2.45, 2.75) is 6.18 Å². The zero-order valence-electron chi connectivity index (χ0n) is 16.7. The molecular weight excluding hydrogens is 441 g/mol. The first-order chi connectivity index (χ1) is 15.3. The van der Waals surface area contributed by atoms with Crippen LogP contribution in [0.2, 0.25) is 5.02 Å². The minimum atomic E-state index is -4.45. The van der Waals surface area contributed by atoms with Crippen molar-refractivity contribution in [2.24, 2.45) is 0 Å². The molecule has 1 heterocycles. The van der Waals surface area contributed by atoms with Gasteiger partial charge in [0.2, 0.25) is 0 Å². The number of nitrogens with zero attached hydrogens (tertiary/aromatic N) is 2. The minimum Gasteiger partial charge on any atom is -0.495 e. The van der Waals surface area contributed by atoms with Gasteiger partial charge in [-0.15, -0.1) is 0 Å². The van der Waals surface area contributed by atoms with Crippen molar-refractivity contribution >= 4 is 34.7 Å². The Morgan fingerprint density at radius 3 is 2.50 bits per heavy atom. The fourth-order valence-corrected chi connectivity index (χ4v) is 3.55. The predicted molar refractivity (Wildman–Crippen MR) is 119 cm³/mol. The second kappa shape index (κ2) is 8.51. The van der Waals surface area contributed by atoms with E-state index in [-0.39, 0.29) is 11.4 Å². The molecule has 0 aliphatic carbocycles. The quantitative estimate of drug-likeness (QED) is 0.365. The maximum Gasteiger partial charge on any atom is 0.416 e. The number of hydrogen-bond acceptors (Lipinski definition) is 3. The highest BCUT2D eigenvalue weighted by Gasteiger charge is 2.30. The van der Waals surface area contributed by atoms with Crippen molar-refractivity contribution in [2.75, 3.05) is 7.11 Å². The van der Waals surface area contributed by atoms with Gasteiger partial charge in [0.05, 0.1) is 34.3 Å². The van der Waals surface area contributed by atoms with E-state index in [0.29, 0.717) is 32.9 Å². The lowest BCUT2D eigenvalue weighted by Crippen LogP contribution is -2.22. The van der Waals surface area contributed by atoms with Gasteiger partial charge in [0.25, 0.3) is 5.56 Å². The number of methoxy groups -OCH3 is 1. The molecule has 0 amide bonds. The Kier molecular flexibility index (Phi) is 5.76. The highest BCUT2D eigenvalue weighted by Crippen LogP contribution is 2.30. The van der Waals surface area contributed by atoms with Gasteiger partial charge in [0, 0.05) is 0 Å². The third-order valence-electron chi connectivity index (χ3n) is 4.83. The molecule has 0 saturated heterocycles. The van der Waals surface area contributed by atoms with Crippen LogP contribution in [0.15, 0.2) is 71.5 Å². The highest BCUT2D eigenvalue weighted by molar-refractivity contribution is 6.32. The Labute approximate surface area is 186 Å². The van der Waals surface area contributed by atoms with E-state index < -0.39 is 11.7 Å². The van der Waals surface area contributed by atoms with Crippen LogP contribution in [0.25, 0.3) is 28.7 Å². The van der Waals surface area contributed by atoms with Crippen LogP contribution >= 0.6 is 11.6 Å². The van der Waals surface area contributed by atoms with Gasteiger partial charge in [-0.3, -0.25) is 9.36 Å². The topological polar surface area (TPSA) is 44.1 Å². The van der Waals surface area contributed by atoms with Crippen LogP contribution in [-0.2, 0) is 6.18 Å². The van der Waals surface area contributed by atoms with Crippen LogP contribution in [0.3, 0.4) is 0 Å². The molecule has 4 rings (SSSR count). The number of halogens is 4. The molecule has 32 heavy (non-hydrogen) atoms. The maximum atomic E-state index is 13.3. The van der Waals surface area contributed by atoms with Crippen LogP contribution in [0.5, 0.6) is 5.75 Å². The Balaban J connectivity index is 1.89. The summed E-state index contributed by atoms with van der Waals surface area (Å²) in [6.45, 7) is 0. The third-order valence-corrected chi connectivity index (χ3v) is 5.13. The second-order valence-electron chi connectivity index (χ2n) is 6.90. The number of fused-ring (bicyclic) bond motifs is 1. The fourth-order valence-electron chi connectivity index (χ4n) is 3.30. The summed E-state index contributed by atoms with van der Waals surface area (Å²) in [6.07, 6.45) is -1.47. The number of benzene rings is 3. The van der Waals surface area contributed by atoms with E-state index in [1.54, 1.807) is 48.5 Å². The van der Waals surface area contributed by atoms with Crippen molar-refractivity contribution in [1.29, 1.82) is 0 Å². The molecular formula is C24H16ClF3N2O2. The molecule has 3 aromatic carbocycles. The summed E-state index contributed by atoms with van der Waals surface area (Å²) in [5.41, 5.74) is 0.146. The number of hydrogen-bond donors (Lipinski definition) is 0. The lowest BCUT2D eigenvalue weighted by atomic mass is 10.1. The van der Waals surface area contributed by atoms with E-state index in [1.807, 2.05) is 0 Å². The summed E-state index contributed by atoms with van der Waals surface area (Å²) >= 11 is 6.25. The van der Waals surface area contributed by atoms with E-state index in [4.69, 9.17) is 16.3 Å². The normalized spacial score (nSPS) is 11.9. The lowest BCUT2D eigenvalue weighted by Gasteiger charge is -2.13. The average molecular weight is 457 g/mol. The molecule has 0 aliphatic rings. The van der Waals surface area contributed by atoms with E-state index in [0.717, 1.165) is 12.1 Å². The van der Waals surface area contributed by atoms with E-state index >= 15 is 0 Å². The molecule has 4 aromatic rings. The number of aromatic nitrogens is 2. The zero-order valence-corrected chi connectivity index (χ0v) is 17.5. The van der Waals surface area contributed by atoms with Crippen LogP contribution in [0.4, 0.5) is 13.2 Å². The summed E-state index contributed by atoms with van der Waals surface area (Å²) in [4.78, 5) is 17.8. The molecule has 0 radical (unpaired) electrons.